The van der Waals surface area contributed by atoms with Gasteiger partial charge in [0.1, 0.15) is 0 Å². The van der Waals surface area contributed by atoms with E-state index < -0.39 is 0 Å². The normalized spacial score (nSPS) is 21.2. The Bertz CT molecular complexity index is 940. The van der Waals surface area contributed by atoms with Crippen molar-refractivity contribution in [1.82, 2.24) is 4.90 Å². The lowest BCUT2D eigenvalue weighted by Crippen LogP contribution is -2.47. The number of nitrogens with one attached hydrogen (secondary N) is 1. The number of nitrogens with zero attached hydrogens (tertiary/aromatic N) is 1. The number of anilines is 1. The zero-order valence-electron chi connectivity index (χ0n) is 18.9. The Kier molecular flexibility index (Phi) is 6.98. The maximum Gasteiger partial charge on any atom is 0.229 e. The molecule has 1 heterocycles. The highest BCUT2D eigenvalue weighted by molar-refractivity contribution is 5.93. The van der Waals surface area contributed by atoms with E-state index in [0.717, 1.165) is 44.1 Å². The topological polar surface area (TPSA) is 67.9 Å². The van der Waals surface area contributed by atoms with E-state index in [1.54, 1.807) is 32.4 Å². The van der Waals surface area contributed by atoms with Crippen molar-refractivity contribution in [3.8, 4) is 11.5 Å². The van der Waals surface area contributed by atoms with Crippen LogP contribution in [-0.2, 0) is 9.59 Å². The van der Waals surface area contributed by atoms with E-state index in [4.69, 9.17) is 9.47 Å². The number of likely N-dealkylation sites (tertiary alicyclic amines) is 1. The summed E-state index contributed by atoms with van der Waals surface area (Å²) in [6.07, 6.45) is 5.67. The first-order valence-electron chi connectivity index (χ1n) is 11.5. The van der Waals surface area contributed by atoms with Crippen molar-refractivity contribution in [1.29, 1.82) is 0 Å². The van der Waals surface area contributed by atoms with E-state index in [0.29, 0.717) is 23.7 Å². The van der Waals surface area contributed by atoms with Crippen LogP contribution in [0.3, 0.4) is 0 Å². The summed E-state index contributed by atoms with van der Waals surface area (Å²) in [4.78, 5) is 28.5. The van der Waals surface area contributed by atoms with E-state index in [-0.39, 0.29) is 29.7 Å². The largest absolute Gasteiger partial charge is 0.493 e. The van der Waals surface area contributed by atoms with Gasteiger partial charge in [-0.3, -0.25) is 9.59 Å². The predicted octanol–water partition coefficient (Wildman–Crippen LogP) is 4.81. The molecule has 0 aromatic heterocycles. The summed E-state index contributed by atoms with van der Waals surface area (Å²) in [6, 6.07) is 15.6. The van der Waals surface area contributed by atoms with E-state index in [9.17, 15) is 9.59 Å². The molecule has 6 heteroatoms. The first kappa shape index (κ1) is 22.2. The molecule has 1 aliphatic heterocycles. The van der Waals surface area contributed by atoms with Gasteiger partial charge >= 0.3 is 0 Å². The smallest absolute Gasteiger partial charge is 0.229 e. The Morgan fingerprint density at radius 1 is 0.875 bits per heavy atom. The molecule has 170 valence electrons. The monoisotopic (exact) mass is 436 g/mol. The number of carbonyl (C=O) groups is 2. The van der Waals surface area contributed by atoms with Crippen molar-refractivity contribution >= 4 is 17.5 Å². The Morgan fingerprint density at radius 2 is 1.59 bits per heavy atom. The minimum atomic E-state index is -0.242. The molecule has 1 aliphatic carbocycles. The van der Waals surface area contributed by atoms with Gasteiger partial charge in [0.15, 0.2) is 11.5 Å². The molecule has 1 N–H and O–H groups in total. The highest BCUT2D eigenvalue weighted by Crippen LogP contribution is 2.38. The Labute approximate surface area is 189 Å². The summed E-state index contributed by atoms with van der Waals surface area (Å²) < 4.78 is 10.6. The molecule has 0 radical (unpaired) electrons. The third kappa shape index (κ3) is 4.74. The molecule has 2 aromatic rings. The van der Waals surface area contributed by atoms with Gasteiger partial charge in [-0.2, -0.15) is 0 Å². The summed E-state index contributed by atoms with van der Waals surface area (Å²) in [5.74, 6) is 1.17. The van der Waals surface area contributed by atoms with Gasteiger partial charge in [0.2, 0.25) is 11.8 Å². The molecule has 2 aliphatic rings. The first-order valence-corrected chi connectivity index (χ1v) is 11.5. The second-order valence-corrected chi connectivity index (χ2v) is 8.73. The maximum absolute atomic E-state index is 13.4. The van der Waals surface area contributed by atoms with Crippen LogP contribution in [0.4, 0.5) is 5.69 Å². The summed E-state index contributed by atoms with van der Waals surface area (Å²) in [5.41, 5.74) is 1.81. The van der Waals surface area contributed by atoms with Gasteiger partial charge in [-0.15, -0.1) is 0 Å². The Morgan fingerprint density at radius 3 is 2.28 bits per heavy atom. The van der Waals surface area contributed by atoms with Gasteiger partial charge in [0.25, 0.3) is 0 Å². The highest BCUT2D eigenvalue weighted by Gasteiger charge is 2.38. The third-order valence-corrected chi connectivity index (χ3v) is 6.78. The molecular weight excluding hydrogens is 404 g/mol. The van der Waals surface area contributed by atoms with E-state index >= 15 is 0 Å². The van der Waals surface area contributed by atoms with Crippen LogP contribution in [-0.4, -0.2) is 37.5 Å². The number of piperidine rings is 1. The van der Waals surface area contributed by atoms with Crippen LogP contribution in [0.1, 0.15) is 50.1 Å². The van der Waals surface area contributed by atoms with Crippen LogP contribution in [0.15, 0.2) is 48.5 Å². The summed E-state index contributed by atoms with van der Waals surface area (Å²) in [6.45, 7) is 0.452. The molecule has 4 rings (SSSR count). The van der Waals surface area contributed by atoms with Crippen LogP contribution in [0.25, 0.3) is 0 Å². The predicted molar refractivity (Wildman–Crippen MR) is 124 cm³/mol. The van der Waals surface area contributed by atoms with Crippen LogP contribution in [0.5, 0.6) is 11.5 Å². The van der Waals surface area contributed by atoms with E-state index in [1.807, 2.05) is 23.1 Å². The number of ether oxygens (including phenoxy) is 2. The van der Waals surface area contributed by atoms with Crippen molar-refractivity contribution < 1.29 is 19.1 Å². The van der Waals surface area contributed by atoms with Gasteiger partial charge < -0.3 is 19.7 Å². The SMILES string of the molecule is COc1ccc(NC(=O)C2CCC(c3ccccc3)N(C(=O)C3CCCC3)C2)cc1OC. The second kappa shape index (κ2) is 10.1. The van der Waals surface area contributed by atoms with Crippen LogP contribution in [0, 0.1) is 11.8 Å². The number of hydrogen-bond acceptors (Lipinski definition) is 4. The van der Waals surface area contributed by atoms with Crippen LogP contribution in [0.2, 0.25) is 0 Å². The lowest BCUT2D eigenvalue weighted by molar-refractivity contribution is -0.141. The van der Waals surface area contributed by atoms with E-state index in [2.05, 4.69) is 17.4 Å². The maximum atomic E-state index is 13.4. The van der Waals surface area contributed by atoms with Gasteiger partial charge in [-0.05, 0) is 43.4 Å². The molecule has 2 unspecified atom stereocenters. The zero-order chi connectivity index (χ0) is 22.5. The minimum Gasteiger partial charge on any atom is -0.493 e. The summed E-state index contributed by atoms with van der Waals surface area (Å²) >= 11 is 0. The number of amides is 2. The molecule has 0 spiro atoms. The molecular formula is C26H32N2O4. The standard InChI is InChI=1S/C26H32N2O4/c1-31-23-15-13-21(16-24(23)32-2)27-25(29)20-12-14-22(18-8-4-3-5-9-18)28(17-20)26(30)19-10-6-7-11-19/h3-5,8-9,13,15-16,19-20,22H,6-7,10-12,14,17H2,1-2H3,(H,27,29). The molecule has 2 amide bonds. The first-order chi connectivity index (χ1) is 15.6. The number of carbonyl (C=O) groups excluding carboxylic acids is 2. The Balaban J connectivity index is 1.50. The molecule has 6 nitrogen and oxygen atoms in total. The molecule has 2 aromatic carbocycles. The molecule has 1 saturated heterocycles. The summed E-state index contributed by atoms with van der Waals surface area (Å²) in [5, 5.41) is 3.01. The quantitative estimate of drug-likeness (QED) is 0.705. The van der Waals surface area contributed by atoms with Gasteiger partial charge in [-0.25, -0.2) is 0 Å². The Hall–Kier alpha value is -3.02. The fourth-order valence-corrected chi connectivity index (χ4v) is 5.02. The van der Waals surface area contributed by atoms with Crippen molar-refractivity contribution in [2.45, 2.75) is 44.6 Å². The molecule has 2 fully saturated rings. The lowest BCUT2D eigenvalue weighted by atomic mass is 9.87. The average Bonchev–Trinajstić information content (AvgIpc) is 3.38. The van der Waals surface area contributed by atoms with E-state index in [1.165, 1.54) is 0 Å². The van der Waals surface area contributed by atoms with Gasteiger partial charge in [0.05, 0.1) is 26.2 Å². The minimum absolute atomic E-state index is 0.0365. The fraction of sp³-hybridized carbons (Fsp3) is 0.462. The number of benzene rings is 2. The van der Waals surface area contributed by atoms with Crippen molar-refractivity contribution in [3.05, 3.63) is 54.1 Å². The molecule has 1 saturated carbocycles. The molecule has 2 atom stereocenters. The zero-order valence-corrected chi connectivity index (χ0v) is 18.9. The number of hydrogen-bond donors (Lipinski definition) is 1. The van der Waals surface area contributed by atoms with Gasteiger partial charge in [-0.1, -0.05) is 43.2 Å². The van der Waals surface area contributed by atoms with Crippen molar-refractivity contribution in [2.24, 2.45) is 11.8 Å². The number of rotatable bonds is 6. The van der Waals surface area contributed by atoms with Crippen molar-refractivity contribution in [3.63, 3.8) is 0 Å². The third-order valence-electron chi connectivity index (χ3n) is 6.78. The average molecular weight is 437 g/mol. The van der Waals surface area contributed by atoms with Crippen molar-refractivity contribution in [2.75, 3.05) is 26.1 Å². The van der Waals surface area contributed by atoms with Crippen LogP contribution < -0.4 is 14.8 Å². The molecule has 0 bridgehead atoms. The fourth-order valence-electron chi connectivity index (χ4n) is 5.02. The van der Waals surface area contributed by atoms with Gasteiger partial charge in [0, 0.05) is 24.2 Å². The summed E-state index contributed by atoms with van der Waals surface area (Å²) in [7, 11) is 3.15. The second-order valence-electron chi connectivity index (χ2n) is 8.73. The number of methoxy groups -OCH3 is 2. The highest BCUT2D eigenvalue weighted by atomic mass is 16.5. The molecule has 32 heavy (non-hydrogen) atoms. The lowest BCUT2D eigenvalue weighted by Gasteiger charge is -2.40. The van der Waals surface area contributed by atoms with Crippen LogP contribution >= 0.6 is 0 Å².